The van der Waals surface area contributed by atoms with Crippen molar-refractivity contribution in [2.75, 3.05) is 0 Å². The van der Waals surface area contributed by atoms with E-state index < -0.39 is 0 Å². The molecule has 0 heterocycles. The average molecular weight is 323 g/mol. The second-order valence-electron chi connectivity index (χ2n) is 10.6. The monoisotopic (exact) mass is 322 g/mol. The summed E-state index contributed by atoms with van der Waals surface area (Å²) in [4.78, 5) is 12.2. The van der Waals surface area contributed by atoms with Gasteiger partial charge in [-0.2, -0.15) is 5.26 Å². The Morgan fingerprint density at radius 3 is 1.65 bits per heavy atom. The lowest BCUT2D eigenvalue weighted by Gasteiger charge is -2.49. The highest BCUT2D eigenvalue weighted by atomic mass is 16.1. The van der Waals surface area contributed by atoms with Crippen LogP contribution in [0.2, 0.25) is 0 Å². The predicted molar refractivity (Wildman–Crippen MR) is 97.5 cm³/mol. The van der Waals surface area contributed by atoms with E-state index in [0.29, 0.717) is 0 Å². The van der Waals surface area contributed by atoms with Crippen LogP contribution >= 0.6 is 0 Å². The molecule has 3 nitrogen and oxygen atoms in total. The van der Waals surface area contributed by atoms with Crippen LogP contribution in [-0.2, 0) is 4.79 Å². The number of rotatable bonds is 6. The molecule has 0 aromatic rings. The van der Waals surface area contributed by atoms with E-state index in [1.54, 1.807) is 0 Å². The van der Waals surface area contributed by atoms with Gasteiger partial charge in [0.15, 0.2) is 0 Å². The van der Waals surface area contributed by atoms with Crippen LogP contribution in [-0.4, -0.2) is 5.91 Å². The fourth-order valence-corrected chi connectivity index (χ4v) is 3.11. The van der Waals surface area contributed by atoms with Gasteiger partial charge in [0.1, 0.15) is 0 Å². The van der Waals surface area contributed by atoms with Crippen LogP contribution in [0, 0.1) is 44.8 Å². The Hall–Kier alpha value is -1.04. The minimum Gasteiger partial charge on any atom is -0.369 e. The van der Waals surface area contributed by atoms with Crippen LogP contribution < -0.4 is 5.73 Å². The zero-order chi connectivity index (χ0) is 18.9. The quantitative estimate of drug-likeness (QED) is 0.734. The number of amides is 1. The molecular formula is C20H38N2O. The molecule has 0 bridgehead atoms. The van der Waals surface area contributed by atoms with Crippen LogP contribution in [0.1, 0.15) is 82.1 Å². The second kappa shape index (κ2) is 6.83. The van der Waals surface area contributed by atoms with Crippen molar-refractivity contribution in [2.45, 2.75) is 82.1 Å². The number of hydrogen-bond acceptors (Lipinski definition) is 2. The molecule has 0 radical (unpaired) electrons. The number of carbonyl (C=O) groups excluding carboxylic acids is 1. The predicted octanol–water partition coefficient (Wildman–Crippen LogP) is 5.15. The summed E-state index contributed by atoms with van der Waals surface area (Å²) in [7, 11) is 0. The Bertz CT molecular complexity index is 456. The third kappa shape index (κ3) is 5.83. The Balaban J connectivity index is 5.65. The minimum atomic E-state index is -0.285. The van der Waals surface area contributed by atoms with Gasteiger partial charge in [-0.15, -0.1) is 0 Å². The molecule has 0 aromatic carbocycles. The minimum absolute atomic E-state index is 0.0334. The second-order valence-corrected chi connectivity index (χ2v) is 10.6. The molecule has 0 spiro atoms. The first kappa shape index (κ1) is 22.0. The Kier molecular flexibility index (Phi) is 6.52. The lowest BCUT2D eigenvalue weighted by Crippen LogP contribution is -2.47. The maximum absolute atomic E-state index is 12.2. The van der Waals surface area contributed by atoms with Crippen molar-refractivity contribution in [2.24, 2.45) is 39.2 Å². The van der Waals surface area contributed by atoms with E-state index in [0.717, 1.165) is 12.8 Å². The van der Waals surface area contributed by atoms with Gasteiger partial charge >= 0.3 is 0 Å². The van der Waals surface area contributed by atoms with Crippen molar-refractivity contribution < 1.29 is 4.79 Å². The highest BCUT2D eigenvalue weighted by Crippen LogP contribution is 2.52. The van der Waals surface area contributed by atoms with Crippen molar-refractivity contribution in [3.05, 3.63) is 0 Å². The molecular weight excluding hydrogens is 284 g/mol. The molecule has 1 amide bonds. The average Bonchev–Trinajstić information content (AvgIpc) is 2.29. The summed E-state index contributed by atoms with van der Waals surface area (Å²) in [6.07, 6.45) is 1.51. The van der Waals surface area contributed by atoms with Gasteiger partial charge < -0.3 is 5.73 Å². The lowest BCUT2D eigenvalue weighted by atomic mass is 9.55. The summed E-state index contributed by atoms with van der Waals surface area (Å²) in [6.45, 7) is 21.3. The van der Waals surface area contributed by atoms with E-state index in [1.807, 2.05) is 0 Å². The van der Waals surface area contributed by atoms with Gasteiger partial charge in [-0.05, 0) is 34.5 Å². The molecule has 2 unspecified atom stereocenters. The molecule has 0 aliphatic heterocycles. The third-order valence-corrected chi connectivity index (χ3v) is 5.69. The van der Waals surface area contributed by atoms with Crippen LogP contribution in [0.5, 0.6) is 0 Å². The Labute approximate surface area is 144 Å². The van der Waals surface area contributed by atoms with E-state index in [1.165, 1.54) is 0 Å². The van der Waals surface area contributed by atoms with Crippen molar-refractivity contribution in [1.29, 1.82) is 5.26 Å². The molecule has 3 heteroatoms. The fourth-order valence-electron chi connectivity index (χ4n) is 3.11. The SMILES string of the molecule is CC(C)(C)CC(C(N)=O)C(C)(C)C(C)(C)CC(C#N)C(C)(C)C. The fraction of sp³-hybridized carbons (Fsp3) is 0.900. The number of nitrogens with zero attached hydrogens (tertiary/aromatic N) is 1. The van der Waals surface area contributed by atoms with Gasteiger partial charge in [0, 0.05) is 5.92 Å². The van der Waals surface area contributed by atoms with E-state index in [4.69, 9.17) is 5.73 Å². The largest absolute Gasteiger partial charge is 0.369 e. The van der Waals surface area contributed by atoms with Gasteiger partial charge in [-0.1, -0.05) is 69.2 Å². The molecule has 0 rings (SSSR count). The molecule has 0 aliphatic rings. The number of carbonyl (C=O) groups is 1. The molecule has 0 saturated carbocycles. The number of nitriles is 1. The third-order valence-electron chi connectivity index (χ3n) is 5.69. The van der Waals surface area contributed by atoms with Crippen LogP contribution in [0.15, 0.2) is 0 Å². The first-order valence-corrected chi connectivity index (χ1v) is 8.64. The van der Waals surface area contributed by atoms with Crippen molar-refractivity contribution in [3.63, 3.8) is 0 Å². The van der Waals surface area contributed by atoms with Crippen molar-refractivity contribution in [3.8, 4) is 6.07 Å². The normalized spacial score (nSPS) is 16.6. The van der Waals surface area contributed by atoms with Gasteiger partial charge in [-0.25, -0.2) is 0 Å². The number of hydrogen-bond donors (Lipinski definition) is 1. The van der Waals surface area contributed by atoms with Crippen molar-refractivity contribution >= 4 is 5.91 Å². The van der Waals surface area contributed by atoms with E-state index in [-0.39, 0.29) is 39.4 Å². The number of nitrogens with two attached hydrogens (primary N) is 1. The van der Waals surface area contributed by atoms with E-state index in [9.17, 15) is 10.1 Å². The summed E-state index contributed by atoms with van der Waals surface area (Å²) in [5, 5.41) is 9.58. The van der Waals surface area contributed by atoms with Gasteiger partial charge in [0.2, 0.25) is 5.91 Å². The summed E-state index contributed by atoms with van der Waals surface area (Å²) < 4.78 is 0. The standard InChI is InChI=1S/C20H38N2O/c1-17(2,3)12-15(16(22)23)20(9,10)19(7,8)11-14(13-21)18(4,5)6/h14-15H,11-12H2,1-10H3,(H2,22,23). The molecule has 0 aromatic heterocycles. The lowest BCUT2D eigenvalue weighted by molar-refractivity contribution is -0.131. The van der Waals surface area contributed by atoms with Crippen molar-refractivity contribution in [1.82, 2.24) is 0 Å². The summed E-state index contributed by atoms with van der Waals surface area (Å²) in [5.74, 6) is -0.501. The number of primary amides is 1. The zero-order valence-corrected chi connectivity index (χ0v) is 17.0. The first-order valence-electron chi connectivity index (χ1n) is 8.64. The maximum atomic E-state index is 12.2. The van der Waals surface area contributed by atoms with Gasteiger partial charge in [-0.3, -0.25) is 4.79 Å². The van der Waals surface area contributed by atoms with Gasteiger partial charge in [0.05, 0.1) is 12.0 Å². The maximum Gasteiger partial charge on any atom is 0.221 e. The van der Waals surface area contributed by atoms with Gasteiger partial charge in [0.25, 0.3) is 0 Å². The Morgan fingerprint density at radius 1 is 0.957 bits per heavy atom. The molecule has 0 saturated heterocycles. The molecule has 23 heavy (non-hydrogen) atoms. The molecule has 0 aliphatic carbocycles. The van der Waals surface area contributed by atoms with E-state index >= 15 is 0 Å². The van der Waals surface area contributed by atoms with Crippen LogP contribution in [0.3, 0.4) is 0 Å². The zero-order valence-electron chi connectivity index (χ0n) is 17.0. The molecule has 134 valence electrons. The Morgan fingerprint density at radius 2 is 1.39 bits per heavy atom. The highest BCUT2D eigenvalue weighted by Gasteiger charge is 2.48. The first-order chi connectivity index (χ1) is 9.95. The van der Waals surface area contributed by atoms with E-state index in [2.05, 4.69) is 75.3 Å². The summed E-state index contributed by atoms with van der Waals surface area (Å²) >= 11 is 0. The van der Waals surface area contributed by atoms with Crippen LogP contribution in [0.25, 0.3) is 0 Å². The summed E-state index contributed by atoms with van der Waals surface area (Å²) in [5.41, 5.74) is 5.27. The molecule has 2 N–H and O–H groups in total. The smallest absolute Gasteiger partial charge is 0.221 e. The molecule has 2 atom stereocenters. The highest BCUT2D eigenvalue weighted by molar-refractivity contribution is 5.77. The van der Waals surface area contributed by atoms with Crippen LogP contribution in [0.4, 0.5) is 0 Å². The molecule has 0 fully saturated rings. The topological polar surface area (TPSA) is 66.9 Å². The summed E-state index contributed by atoms with van der Waals surface area (Å²) in [6, 6.07) is 2.47.